The summed E-state index contributed by atoms with van der Waals surface area (Å²) in [7, 11) is 0. The van der Waals surface area contributed by atoms with E-state index >= 15 is 0 Å². The number of hydrogen-bond donors (Lipinski definition) is 3. The first kappa shape index (κ1) is 7.74. The van der Waals surface area contributed by atoms with Gasteiger partial charge in [-0.05, 0) is 0 Å². The zero-order valence-corrected chi connectivity index (χ0v) is 5.20. The molecule has 4 nitrogen and oxygen atoms in total. The molecule has 0 saturated heterocycles. The van der Waals surface area contributed by atoms with Crippen LogP contribution in [0.3, 0.4) is 0 Å². The monoisotopic (exact) mass is 135 g/mol. The number of hydrogen-bond acceptors (Lipinski definition) is 4. The Morgan fingerprint density at radius 2 is 2.38 bits per heavy atom. The standard InChI is InChI=1S/C3H9N3OS/c4-3(5)8-2-1-7-6/h1-2,6H2,(H3,4,5). The van der Waals surface area contributed by atoms with Crippen molar-refractivity contribution in [3.05, 3.63) is 0 Å². The molecule has 0 aromatic rings. The molecule has 0 saturated carbocycles. The fourth-order valence-electron chi connectivity index (χ4n) is 0.200. The molecule has 0 bridgehead atoms. The van der Waals surface area contributed by atoms with Crippen molar-refractivity contribution in [2.24, 2.45) is 11.6 Å². The minimum atomic E-state index is 0.0991. The molecule has 0 atom stereocenters. The van der Waals surface area contributed by atoms with Gasteiger partial charge in [-0.2, -0.15) is 0 Å². The minimum absolute atomic E-state index is 0.0991. The van der Waals surface area contributed by atoms with Crippen LogP contribution in [-0.4, -0.2) is 17.5 Å². The van der Waals surface area contributed by atoms with Gasteiger partial charge < -0.3 is 10.6 Å². The van der Waals surface area contributed by atoms with Crippen molar-refractivity contribution in [3.8, 4) is 0 Å². The average Bonchev–Trinajstić information content (AvgIpc) is 1.66. The van der Waals surface area contributed by atoms with E-state index in [1.165, 1.54) is 11.8 Å². The summed E-state index contributed by atoms with van der Waals surface area (Å²) in [6.07, 6.45) is 0. The Balaban J connectivity index is 2.82. The molecule has 5 heteroatoms. The van der Waals surface area contributed by atoms with Crippen LogP contribution in [0, 0.1) is 5.41 Å². The summed E-state index contributed by atoms with van der Waals surface area (Å²) in [5.41, 5.74) is 4.98. The molecule has 0 spiro atoms. The van der Waals surface area contributed by atoms with Crippen LogP contribution in [-0.2, 0) is 4.84 Å². The predicted octanol–water partition coefficient (Wildman–Crippen LogP) is -0.497. The minimum Gasteiger partial charge on any atom is -0.379 e. The number of nitrogens with one attached hydrogen (secondary N) is 1. The van der Waals surface area contributed by atoms with E-state index in [1.54, 1.807) is 0 Å². The van der Waals surface area contributed by atoms with Gasteiger partial charge in [0.05, 0.1) is 6.61 Å². The molecule has 0 rings (SSSR count). The first-order valence-corrected chi connectivity index (χ1v) is 3.04. The first-order valence-electron chi connectivity index (χ1n) is 2.06. The van der Waals surface area contributed by atoms with Crippen LogP contribution in [0.5, 0.6) is 0 Å². The van der Waals surface area contributed by atoms with Crippen LogP contribution in [0.4, 0.5) is 0 Å². The van der Waals surface area contributed by atoms with Crippen LogP contribution in [0.15, 0.2) is 0 Å². The fourth-order valence-corrected chi connectivity index (χ4v) is 0.599. The van der Waals surface area contributed by atoms with Crippen LogP contribution in [0.25, 0.3) is 0 Å². The maximum Gasteiger partial charge on any atom is 0.151 e. The van der Waals surface area contributed by atoms with Crippen molar-refractivity contribution in [1.29, 1.82) is 5.41 Å². The van der Waals surface area contributed by atoms with Gasteiger partial charge in [0.15, 0.2) is 5.17 Å². The molecule has 0 aliphatic heterocycles. The summed E-state index contributed by atoms with van der Waals surface area (Å²) >= 11 is 1.21. The molecule has 0 aromatic carbocycles. The topological polar surface area (TPSA) is 85.1 Å². The van der Waals surface area contributed by atoms with E-state index in [2.05, 4.69) is 4.84 Å². The summed E-state index contributed by atoms with van der Waals surface area (Å²) < 4.78 is 0. The number of nitrogens with two attached hydrogens (primary N) is 2. The third kappa shape index (κ3) is 5.74. The molecule has 0 aromatic heterocycles. The van der Waals surface area contributed by atoms with Gasteiger partial charge >= 0.3 is 0 Å². The van der Waals surface area contributed by atoms with E-state index in [4.69, 9.17) is 17.0 Å². The second kappa shape index (κ2) is 4.89. The van der Waals surface area contributed by atoms with Gasteiger partial charge in [0.25, 0.3) is 0 Å². The highest BCUT2D eigenvalue weighted by Gasteiger charge is 1.87. The van der Waals surface area contributed by atoms with Crippen molar-refractivity contribution in [1.82, 2.24) is 0 Å². The Hall–Kier alpha value is -0.260. The normalized spacial score (nSPS) is 9.12. The third-order valence-electron chi connectivity index (χ3n) is 0.459. The lowest BCUT2D eigenvalue weighted by molar-refractivity contribution is 0.155. The second-order valence-electron chi connectivity index (χ2n) is 1.08. The highest BCUT2D eigenvalue weighted by molar-refractivity contribution is 8.13. The molecule has 48 valence electrons. The molecule has 8 heavy (non-hydrogen) atoms. The van der Waals surface area contributed by atoms with Gasteiger partial charge in [0, 0.05) is 5.75 Å². The van der Waals surface area contributed by atoms with Crippen molar-refractivity contribution >= 4 is 16.9 Å². The maximum atomic E-state index is 6.72. The highest BCUT2D eigenvalue weighted by atomic mass is 32.2. The summed E-state index contributed by atoms with van der Waals surface area (Å²) in [4.78, 5) is 4.22. The Bertz CT molecular complexity index is 76.9. The van der Waals surface area contributed by atoms with Gasteiger partial charge in [-0.1, -0.05) is 11.8 Å². The number of rotatable bonds is 3. The predicted molar refractivity (Wildman–Crippen MR) is 34.5 cm³/mol. The van der Waals surface area contributed by atoms with Crippen LogP contribution < -0.4 is 11.6 Å². The molecule has 0 aliphatic rings. The van der Waals surface area contributed by atoms with E-state index in [0.29, 0.717) is 12.4 Å². The molecule has 0 unspecified atom stereocenters. The number of thioether (sulfide) groups is 1. The van der Waals surface area contributed by atoms with E-state index in [0.717, 1.165) is 0 Å². The van der Waals surface area contributed by atoms with E-state index in [-0.39, 0.29) is 5.17 Å². The van der Waals surface area contributed by atoms with Crippen molar-refractivity contribution in [2.75, 3.05) is 12.4 Å². The van der Waals surface area contributed by atoms with Gasteiger partial charge in [-0.3, -0.25) is 5.41 Å². The van der Waals surface area contributed by atoms with Gasteiger partial charge in [-0.25, -0.2) is 5.90 Å². The van der Waals surface area contributed by atoms with Crippen LogP contribution in [0.2, 0.25) is 0 Å². The van der Waals surface area contributed by atoms with E-state index in [1.807, 2.05) is 0 Å². The Morgan fingerprint density at radius 1 is 1.75 bits per heavy atom. The third-order valence-corrected chi connectivity index (χ3v) is 1.14. The smallest absolute Gasteiger partial charge is 0.151 e. The van der Waals surface area contributed by atoms with Crippen molar-refractivity contribution < 1.29 is 4.84 Å². The fraction of sp³-hybridized carbons (Fsp3) is 0.667. The zero-order chi connectivity index (χ0) is 6.41. The maximum absolute atomic E-state index is 6.72. The molecule has 0 radical (unpaired) electrons. The van der Waals surface area contributed by atoms with Crippen LogP contribution in [0.1, 0.15) is 0 Å². The zero-order valence-electron chi connectivity index (χ0n) is 4.39. The summed E-state index contributed by atoms with van der Waals surface area (Å²) in [6.45, 7) is 0.435. The largest absolute Gasteiger partial charge is 0.379 e. The Labute approximate surface area is 52.0 Å². The highest BCUT2D eigenvalue weighted by Crippen LogP contribution is 1.94. The van der Waals surface area contributed by atoms with E-state index < -0.39 is 0 Å². The lowest BCUT2D eigenvalue weighted by Gasteiger charge is -1.94. The summed E-state index contributed by atoms with van der Waals surface area (Å²) in [5, 5.41) is 6.82. The molecule has 0 fully saturated rings. The molecule has 0 aliphatic carbocycles. The molecule has 0 amide bonds. The molecule has 0 heterocycles. The van der Waals surface area contributed by atoms with Gasteiger partial charge in [0.1, 0.15) is 0 Å². The quantitative estimate of drug-likeness (QED) is 0.211. The van der Waals surface area contributed by atoms with E-state index in [9.17, 15) is 0 Å². The molecule has 5 N–H and O–H groups in total. The summed E-state index contributed by atoms with van der Waals surface area (Å²) in [6, 6.07) is 0. The van der Waals surface area contributed by atoms with Crippen molar-refractivity contribution in [2.45, 2.75) is 0 Å². The van der Waals surface area contributed by atoms with Gasteiger partial charge in [-0.15, -0.1) is 0 Å². The second-order valence-corrected chi connectivity index (χ2v) is 2.22. The van der Waals surface area contributed by atoms with Gasteiger partial charge in [0.2, 0.25) is 0 Å². The SMILES string of the molecule is N=C(N)SCCON. The molecular weight excluding hydrogens is 126 g/mol. The lowest BCUT2D eigenvalue weighted by Crippen LogP contribution is -2.09. The van der Waals surface area contributed by atoms with Crippen molar-refractivity contribution in [3.63, 3.8) is 0 Å². The average molecular weight is 135 g/mol. The first-order chi connectivity index (χ1) is 3.77. The number of amidine groups is 1. The summed E-state index contributed by atoms with van der Waals surface area (Å²) in [5.74, 6) is 5.33. The lowest BCUT2D eigenvalue weighted by atomic mass is 10.9. The van der Waals surface area contributed by atoms with Crippen LogP contribution >= 0.6 is 11.8 Å². The molecular formula is C3H9N3OS. The Morgan fingerprint density at radius 3 is 2.75 bits per heavy atom. The Kier molecular flexibility index (Phi) is 4.73.